The number of hydrogen-bond acceptors (Lipinski definition) is 4. The lowest BCUT2D eigenvalue weighted by molar-refractivity contribution is 0.433. The molecule has 3 aromatic rings. The van der Waals surface area contributed by atoms with Crippen molar-refractivity contribution in [2.24, 2.45) is 11.8 Å². The first-order chi connectivity index (χ1) is 16.1. The largest absolute Gasteiger partial charge is 0.456 e. The monoisotopic (exact) mass is 446 g/mol. The van der Waals surface area contributed by atoms with E-state index in [2.05, 4.69) is 47.2 Å². The lowest BCUT2D eigenvalue weighted by Gasteiger charge is -2.35. The minimum absolute atomic E-state index is 0.260. The molecule has 2 aliphatic heterocycles. The summed E-state index contributed by atoms with van der Waals surface area (Å²) in [7, 11) is 2.15. The summed E-state index contributed by atoms with van der Waals surface area (Å²) in [5.41, 5.74) is 4.54. The van der Waals surface area contributed by atoms with Gasteiger partial charge in [0, 0.05) is 41.7 Å². The van der Waals surface area contributed by atoms with Crippen molar-refractivity contribution in [2.45, 2.75) is 44.7 Å². The maximum atomic E-state index is 13.5. The van der Waals surface area contributed by atoms with Crippen molar-refractivity contribution in [2.75, 3.05) is 25.0 Å². The van der Waals surface area contributed by atoms with Gasteiger partial charge in [0.05, 0.1) is 12.2 Å². The Bertz CT molecular complexity index is 1150. The zero-order valence-corrected chi connectivity index (χ0v) is 19.3. The molecule has 172 valence electrons. The first-order valence-corrected chi connectivity index (χ1v) is 12.1. The Balaban J connectivity index is 1.38. The van der Waals surface area contributed by atoms with Crippen LogP contribution in [0.25, 0.3) is 11.1 Å². The number of hydrogen-bond donors (Lipinski definition) is 1. The SMILES string of the molecule is CC1CCc2c(ccc(-c3cnn(C4CC5CNCC5C4)c3)c2Oc2ccc(F)cc2)N1C. The summed E-state index contributed by atoms with van der Waals surface area (Å²) in [5, 5.41) is 8.30. The summed E-state index contributed by atoms with van der Waals surface area (Å²) >= 11 is 0. The molecule has 0 bridgehead atoms. The van der Waals surface area contributed by atoms with Gasteiger partial charge in [-0.05, 0) is 93.9 Å². The van der Waals surface area contributed by atoms with Gasteiger partial charge in [0.15, 0.2) is 0 Å². The average molecular weight is 447 g/mol. The van der Waals surface area contributed by atoms with Gasteiger partial charge in [0.1, 0.15) is 17.3 Å². The number of nitrogens with one attached hydrogen (secondary N) is 1. The maximum Gasteiger partial charge on any atom is 0.140 e. The molecule has 3 aliphatic rings. The molecule has 0 spiro atoms. The van der Waals surface area contributed by atoms with E-state index in [1.54, 1.807) is 12.1 Å². The molecule has 3 atom stereocenters. The highest BCUT2D eigenvalue weighted by Crippen LogP contribution is 2.45. The molecule has 2 fully saturated rings. The molecule has 1 aliphatic carbocycles. The summed E-state index contributed by atoms with van der Waals surface area (Å²) in [6, 6.07) is 11.6. The molecule has 1 aromatic heterocycles. The molecule has 6 heteroatoms. The second-order valence-electron chi connectivity index (χ2n) is 10.0. The van der Waals surface area contributed by atoms with Gasteiger partial charge in [0.25, 0.3) is 0 Å². The summed E-state index contributed by atoms with van der Waals surface area (Å²) in [6.07, 6.45) is 8.59. The van der Waals surface area contributed by atoms with Crippen LogP contribution in [0.15, 0.2) is 48.8 Å². The molecule has 1 N–H and O–H groups in total. The van der Waals surface area contributed by atoms with Crippen molar-refractivity contribution in [1.82, 2.24) is 15.1 Å². The van der Waals surface area contributed by atoms with E-state index in [0.717, 1.165) is 54.6 Å². The van der Waals surface area contributed by atoms with Gasteiger partial charge in [-0.3, -0.25) is 4.68 Å². The zero-order valence-electron chi connectivity index (χ0n) is 19.3. The van der Waals surface area contributed by atoms with Crippen molar-refractivity contribution in [3.05, 3.63) is 60.2 Å². The molecule has 6 rings (SSSR count). The van der Waals surface area contributed by atoms with Crippen molar-refractivity contribution in [3.8, 4) is 22.6 Å². The molecule has 1 saturated carbocycles. The molecular formula is C27H31FN4O. The molecule has 0 radical (unpaired) electrons. The highest BCUT2D eigenvalue weighted by molar-refractivity contribution is 5.78. The van der Waals surface area contributed by atoms with Crippen molar-refractivity contribution >= 4 is 5.69 Å². The fourth-order valence-corrected chi connectivity index (χ4v) is 5.97. The molecule has 1 saturated heterocycles. The molecule has 0 amide bonds. The quantitative estimate of drug-likeness (QED) is 0.581. The molecule has 2 aromatic carbocycles. The molecule has 5 nitrogen and oxygen atoms in total. The topological polar surface area (TPSA) is 42.3 Å². The normalized spacial score (nSPS) is 26.3. The first kappa shape index (κ1) is 20.7. The first-order valence-electron chi connectivity index (χ1n) is 12.1. The fourth-order valence-electron chi connectivity index (χ4n) is 5.97. The Labute approximate surface area is 194 Å². The van der Waals surface area contributed by atoms with Crippen molar-refractivity contribution in [1.29, 1.82) is 0 Å². The van der Waals surface area contributed by atoms with Crippen molar-refractivity contribution in [3.63, 3.8) is 0 Å². The van der Waals surface area contributed by atoms with Crippen LogP contribution in [-0.2, 0) is 6.42 Å². The van der Waals surface area contributed by atoms with E-state index in [1.807, 2.05) is 6.20 Å². The van der Waals surface area contributed by atoms with E-state index in [4.69, 9.17) is 9.84 Å². The Morgan fingerprint density at radius 3 is 2.58 bits per heavy atom. The van der Waals surface area contributed by atoms with E-state index < -0.39 is 0 Å². The number of ether oxygens (including phenoxy) is 1. The smallest absolute Gasteiger partial charge is 0.140 e. The number of halogens is 1. The van der Waals surface area contributed by atoms with Crippen LogP contribution in [0.2, 0.25) is 0 Å². The van der Waals surface area contributed by atoms with Gasteiger partial charge in [-0.25, -0.2) is 4.39 Å². The van der Waals surface area contributed by atoms with E-state index in [0.29, 0.717) is 17.8 Å². The number of fused-ring (bicyclic) bond motifs is 2. The predicted molar refractivity (Wildman–Crippen MR) is 128 cm³/mol. The summed E-state index contributed by atoms with van der Waals surface area (Å²) < 4.78 is 22.1. The third-order valence-corrected chi connectivity index (χ3v) is 8.04. The van der Waals surface area contributed by atoms with Crippen molar-refractivity contribution < 1.29 is 9.13 Å². The minimum atomic E-state index is -0.260. The zero-order chi connectivity index (χ0) is 22.5. The summed E-state index contributed by atoms with van der Waals surface area (Å²) in [6.45, 7) is 4.54. The van der Waals surface area contributed by atoms with Gasteiger partial charge in [-0.1, -0.05) is 0 Å². The fraction of sp³-hybridized carbons (Fsp3) is 0.444. The minimum Gasteiger partial charge on any atom is -0.456 e. The van der Waals surface area contributed by atoms with Gasteiger partial charge >= 0.3 is 0 Å². The van der Waals surface area contributed by atoms with Crippen LogP contribution in [0, 0.1) is 17.7 Å². The third kappa shape index (κ3) is 3.70. The average Bonchev–Trinajstić information content (AvgIpc) is 3.54. The van der Waals surface area contributed by atoms with Gasteiger partial charge in [-0.15, -0.1) is 0 Å². The lowest BCUT2D eigenvalue weighted by atomic mass is 9.93. The van der Waals surface area contributed by atoms with Gasteiger partial charge in [-0.2, -0.15) is 5.10 Å². The number of rotatable bonds is 4. The molecular weight excluding hydrogens is 415 g/mol. The molecule has 33 heavy (non-hydrogen) atoms. The lowest BCUT2D eigenvalue weighted by Crippen LogP contribution is -2.33. The summed E-state index contributed by atoms with van der Waals surface area (Å²) in [4.78, 5) is 2.33. The van der Waals surface area contributed by atoms with Crippen LogP contribution in [0.4, 0.5) is 10.1 Å². The number of benzene rings is 2. The highest BCUT2D eigenvalue weighted by atomic mass is 19.1. The molecule has 3 unspecified atom stereocenters. The Morgan fingerprint density at radius 2 is 1.82 bits per heavy atom. The highest BCUT2D eigenvalue weighted by Gasteiger charge is 2.38. The van der Waals surface area contributed by atoms with E-state index >= 15 is 0 Å². The van der Waals surface area contributed by atoms with E-state index in [1.165, 1.54) is 36.2 Å². The van der Waals surface area contributed by atoms with Crippen LogP contribution in [-0.4, -0.2) is 36.0 Å². The van der Waals surface area contributed by atoms with Crippen LogP contribution >= 0.6 is 0 Å². The van der Waals surface area contributed by atoms with Crippen LogP contribution in [0.5, 0.6) is 11.5 Å². The standard InChI is InChI=1S/C27H31FN4O/c1-17-3-8-25-26(31(17)2)10-9-24(27(25)33-23-6-4-21(28)5-7-23)20-15-30-32(16-20)22-11-18-13-29-14-19(18)12-22/h4-7,9-10,15-19,22,29H,3,8,11-14H2,1-2H3. The Hall–Kier alpha value is -2.86. The van der Waals surface area contributed by atoms with Gasteiger partial charge in [0.2, 0.25) is 0 Å². The Kier molecular flexibility index (Phi) is 5.13. The summed E-state index contributed by atoms with van der Waals surface area (Å²) in [5.74, 6) is 2.81. The van der Waals surface area contributed by atoms with E-state index in [-0.39, 0.29) is 5.82 Å². The predicted octanol–water partition coefficient (Wildman–Crippen LogP) is 5.42. The maximum absolute atomic E-state index is 13.5. The number of nitrogens with zero attached hydrogens (tertiary/aromatic N) is 3. The van der Waals surface area contributed by atoms with Gasteiger partial charge < -0.3 is 15.0 Å². The molecule has 3 heterocycles. The van der Waals surface area contributed by atoms with E-state index in [9.17, 15) is 4.39 Å². The Morgan fingerprint density at radius 1 is 1.06 bits per heavy atom. The van der Waals surface area contributed by atoms with Crippen LogP contribution in [0.3, 0.4) is 0 Å². The number of anilines is 1. The third-order valence-electron chi connectivity index (χ3n) is 8.04. The van der Waals surface area contributed by atoms with Crippen LogP contribution < -0.4 is 15.0 Å². The second kappa shape index (κ2) is 8.17. The van der Waals surface area contributed by atoms with Crippen LogP contribution in [0.1, 0.15) is 37.8 Å². The second-order valence-corrected chi connectivity index (χ2v) is 10.0. The number of aromatic nitrogens is 2.